The van der Waals surface area contributed by atoms with Crippen molar-refractivity contribution in [2.45, 2.75) is 19.8 Å². The van der Waals surface area contributed by atoms with Crippen molar-refractivity contribution >= 4 is 17.2 Å². The Kier molecular flexibility index (Phi) is 2.94. The van der Waals surface area contributed by atoms with E-state index in [1.54, 1.807) is 12.1 Å². The number of nitrogens with one attached hydrogen (secondary N) is 2. The predicted octanol–water partition coefficient (Wildman–Crippen LogP) is 1.83. The second-order valence-corrected chi connectivity index (χ2v) is 4.78. The molecule has 0 aliphatic rings. The van der Waals surface area contributed by atoms with Gasteiger partial charge in [0.05, 0.1) is 5.69 Å². The number of rotatable bonds is 3. The first kappa shape index (κ1) is 12.3. The topological polar surface area (TPSA) is 88.0 Å². The molecule has 1 amide bonds. The summed E-state index contributed by atoms with van der Waals surface area (Å²) < 4.78 is 1.88. The van der Waals surface area contributed by atoms with Gasteiger partial charge in [-0.05, 0) is 18.2 Å². The van der Waals surface area contributed by atoms with Crippen LogP contribution in [0.25, 0.3) is 5.65 Å². The molecule has 0 bridgehead atoms. The van der Waals surface area contributed by atoms with Crippen molar-refractivity contribution in [3.63, 3.8) is 0 Å². The number of nitrogens with zero attached hydrogens (tertiary/aromatic N) is 4. The van der Waals surface area contributed by atoms with E-state index in [0.29, 0.717) is 11.4 Å². The fraction of sp³-hybridized carbons (Fsp3) is 0.231. The minimum Gasteiger partial charge on any atom is -0.319 e. The summed E-state index contributed by atoms with van der Waals surface area (Å²) in [6, 6.07) is 5.23. The average Bonchev–Trinajstić information content (AvgIpc) is 3.07. The van der Waals surface area contributed by atoms with Gasteiger partial charge in [-0.1, -0.05) is 13.8 Å². The molecule has 3 heterocycles. The van der Waals surface area contributed by atoms with Crippen molar-refractivity contribution in [2.75, 3.05) is 5.32 Å². The Morgan fingerprint density at radius 3 is 2.85 bits per heavy atom. The Hall–Kier alpha value is -2.70. The highest BCUT2D eigenvalue weighted by molar-refractivity contribution is 6.02. The van der Waals surface area contributed by atoms with E-state index in [1.165, 1.54) is 6.20 Å². The quantitative estimate of drug-likeness (QED) is 0.760. The van der Waals surface area contributed by atoms with Gasteiger partial charge in [-0.2, -0.15) is 5.10 Å². The Balaban J connectivity index is 1.92. The molecule has 3 aromatic heterocycles. The maximum Gasteiger partial charge on any atom is 0.273 e. The summed E-state index contributed by atoms with van der Waals surface area (Å²) in [4.78, 5) is 11.9. The molecule has 3 aromatic rings. The van der Waals surface area contributed by atoms with Crippen molar-refractivity contribution in [3.05, 3.63) is 42.1 Å². The maximum atomic E-state index is 11.9. The van der Waals surface area contributed by atoms with Crippen molar-refractivity contribution in [2.24, 2.45) is 0 Å². The standard InChI is InChI=1S/C13H14N6O/c1-8(2)12-18-17-11-4-3-9(7-19(11)12)15-13(20)10-5-6-14-16-10/h3-8H,1-2H3,(H,14,16)(H,15,20). The number of H-pyrrole nitrogens is 1. The lowest BCUT2D eigenvalue weighted by Gasteiger charge is -2.06. The smallest absolute Gasteiger partial charge is 0.273 e. The highest BCUT2D eigenvalue weighted by atomic mass is 16.1. The van der Waals surface area contributed by atoms with Crippen LogP contribution in [0.3, 0.4) is 0 Å². The summed E-state index contributed by atoms with van der Waals surface area (Å²) in [7, 11) is 0. The second kappa shape index (κ2) is 4.76. The lowest BCUT2D eigenvalue weighted by Crippen LogP contribution is -2.13. The zero-order valence-electron chi connectivity index (χ0n) is 11.2. The molecule has 0 atom stereocenters. The Bertz CT molecular complexity index is 743. The van der Waals surface area contributed by atoms with Crippen molar-refractivity contribution < 1.29 is 4.79 Å². The average molecular weight is 270 g/mol. The van der Waals surface area contributed by atoms with Gasteiger partial charge in [0, 0.05) is 18.3 Å². The van der Waals surface area contributed by atoms with Crippen LogP contribution in [-0.2, 0) is 0 Å². The van der Waals surface area contributed by atoms with E-state index in [2.05, 4.69) is 25.7 Å². The molecule has 0 saturated heterocycles. The molecule has 0 aliphatic carbocycles. The van der Waals surface area contributed by atoms with Crippen molar-refractivity contribution in [1.29, 1.82) is 0 Å². The van der Waals surface area contributed by atoms with Crippen LogP contribution in [-0.4, -0.2) is 30.7 Å². The molecule has 3 rings (SSSR count). The molecule has 7 heteroatoms. The zero-order valence-corrected chi connectivity index (χ0v) is 11.2. The first-order valence-electron chi connectivity index (χ1n) is 6.30. The Morgan fingerprint density at radius 2 is 2.15 bits per heavy atom. The van der Waals surface area contributed by atoms with E-state index >= 15 is 0 Å². The van der Waals surface area contributed by atoms with Crippen molar-refractivity contribution in [3.8, 4) is 0 Å². The molecule has 2 N–H and O–H groups in total. The fourth-order valence-electron chi connectivity index (χ4n) is 1.96. The molecule has 0 radical (unpaired) electrons. The van der Waals surface area contributed by atoms with E-state index < -0.39 is 0 Å². The monoisotopic (exact) mass is 270 g/mol. The number of hydrogen-bond donors (Lipinski definition) is 2. The largest absolute Gasteiger partial charge is 0.319 e. The van der Waals surface area contributed by atoms with Gasteiger partial charge in [-0.25, -0.2) is 0 Å². The third-order valence-corrected chi connectivity index (χ3v) is 2.95. The van der Waals surface area contributed by atoms with Crippen LogP contribution in [0.4, 0.5) is 5.69 Å². The van der Waals surface area contributed by atoms with E-state index in [9.17, 15) is 4.79 Å². The lowest BCUT2D eigenvalue weighted by molar-refractivity contribution is 0.102. The number of pyridine rings is 1. The van der Waals surface area contributed by atoms with E-state index in [-0.39, 0.29) is 11.8 Å². The van der Waals surface area contributed by atoms with Crippen molar-refractivity contribution in [1.82, 2.24) is 24.8 Å². The number of anilines is 1. The van der Waals surface area contributed by atoms with Gasteiger partial charge in [0.25, 0.3) is 5.91 Å². The van der Waals surface area contributed by atoms with Crippen LogP contribution in [0.1, 0.15) is 36.1 Å². The number of aromatic amines is 1. The predicted molar refractivity (Wildman–Crippen MR) is 73.6 cm³/mol. The van der Waals surface area contributed by atoms with Gasteiger partial charge in [-0.15, -0.1) is 10.2 Å². The molecule has 0 aliphatic heterocycles. The minimum atomic E-state index is -0.235. The summed E-state index contributed by atoms with van der Waals surface area (Å²) in [5.41, 5.74) is 1.85. The first-order valence-corrected chi connectivity index (χ1v) is 6.30. The fourth-order valence-corrected chi connectivity index (χ4v) is 1.96. The van der Waals surface area contributed by atoms with Gasteiger partial charge in [0.15, 0.2) is 5.65 Å². The van der Waals surface area contributed by atoms with E-state index in [0.717, 1.165) is 11.5 Å². The zero-order chi connectivity index (χ0) is 14.1. The van der Waals surface area contributed by atoms with Gasteiger partial charge in [0.2, 0.25) is 0 Å². The summed E-state index contributed by atoms with van der Waals surface area (Å²) in [6.45, 7) is 4.10. The van der Waals surface area contributed by atoms with E-state index in [4.69, 9.17) is 0 Å². The number of amides is 1. The summed E-state index contributed by atoms with van der Waals surface area (Å²) in [5.74, 6) is 0.877. The number of aromatic nitrogens is 5. The van der Waals surface area contributed by atoms with Crippen LogP contribution in [0.15, 0.2) is 30.6 Å². The molecule has 7 nitrogen and oxygen atoms in total. The Labute approximate surface area is 115 Å². The second-order valence-electron chi connectivity index (χ2n) is 4.78. The summed E-state index contributed by atoms with van der Waals surface area (Å²) in [5, 5.41) is 17.4. The maximum absolute atomic E-state index is 11.9. The first-order chi connectivity index (χ1) is 9.65. The SMILES string of the molecule is CC(C)c1nnc2ccc(NC(=O)c3ccn[nH]3)cn12. The summed E-state index contributed by atoms with van der Waals surface area (Å²) >= 11 is 0. The van der Waals surface area contributed by atoms with Crippen LogP contribution in [0, 0.1) is 0 Å². The third kappa shape index (κ3) is 2.13. The van der Waals surface area contributed by atoms with Gasteiger partial charge >= 0.3 is 0 Å². The van der Waals surface area contributed by atoms with Crippen LogP contribution in [0.2, 0.25) is 0 Å². The number of carbonyl (C=O) groups excluding carboxylic acids is 1. The molecule has 20 heavy (non-hydrogen) atoms. The van der Waals surface area contributed by atoms with Gasteiger partial charge in [-0.3, -0.25) is 14.3 Å². The number of hydrogen-bond acceptors (Lipinski definition) is 4. The molecule has 0 saturated carbocycles. The van der Waals surface area contributed by atoms with Crippen LogP contribution < -0.4 is 5.32 Å². The molecule has 0 aromatic carbocycles. The number of fused-ring (bicyclic) bond motifs is 1. The molecular weight excluding hydrogens is 256 g/mol. The lowest BCUT2D eigenvalue weighted by atomic mass is 10.2. The normalized spacial score (nSPS) is 11.2. The minimum absolute atomic E-state index is 0.235. The molecule has 0 unspecified atom stereocenters. The van der Waals surface area contributed by atoms with Crippen LogP contribution >= 0.6 is 0 Å². The van der Waals surface area contributed by atoms with Gasteiger partial charge < -0.3 is 5.32 Å². The Morgan fingerprint density at radius 1 is 1.30 bits per heavy atom. The van der Waals surface area contributed by atoms with Crippen LogP contribution in [0.5, 0.6) is 0 Å². The highest BCUT2D eigenvalue weighted by Crippen LogP contribution is 2.17. The molecule has 0 spiro atoms. The van der Waals surface area contributed by atoms with E-state index in [1.807, 2.05) is 30.5 Å². The number of carbonyl (C=O) groups is 1. The highest BCUT2D eigenvalue weighted by Gasteiger charge is 2.11. The molecule has 102 valence electrons. The molecule has 0 fully saturated rings. The molecular formula is C13H14N6O. The summed E-state index contributed by atoms with van der Waals surface area (Å²) in [6.07, 6.45) is 3.35. The van der Waals surface area contributed by atoms with Gasteiger partial charge in [0.1, 0.15) is 11.5 Å². The third-order valence-electron chi connectivity index (χ3n) is 2.95.